The fourth-order valence-electron chi connectivity index (χ4n) is 3.47. The van der Waals surface area contributed by atoms with E-state index in [2.05, 4.69) is 15.0 Å². The molecule has 0 bridgehead atoms. The summed E-state index contributed by atoms with van der Waals surface area (Å²) in [7, 11) is 0. The van der Waals surface area contributed by atoms with Crippen LogP contribution in [-0.4, -0.2) is 19.4 Å². The van der Waals surface area contributed by atoms with Gasteiger partial charge in [0, 0.05) is 47.5 Å². The van der Waals surface area contributed by atoms with E-state index in [1.54, 1.807) is 61.2 Å². The maximum Gasteiger partial charge on any atom is 0.349 e. The molecule has 0 spiro atoms. The third kappa shape index (κ3) is 3.73. The van der Waals surface area contributed by atoms with Crippen LogP contribution in [0, 0.1) is 0 Å². The summed E-state index contributed by atoms with van der Waals surface area (Å²) >= 11 is 13.1. The molecule has 0 aliphatic rings. The van der Waals surface area contributed by atoms with Crippen LogP contribution in [0.1, 0.15) is 4.88 Å². The Balaban J connectivity index is 1.72. The van der Waals surface area contributed by atoms with Gasteiger partial charge in [0.05, 0.1) is 17.0 Å². The average Bonchev–Trinajstić information content (AvgIpc) is 3.22. The van der Waals surface area contributed by atoms with Gasteiger partial charge in [-0.05, 0) is 24.3 Å². The molecule has 0 radical (unpaired) electrons. The second-order valence-electron chi connectivity index (χ2n) is 6.91. The average molecular weight is 482 g/mol. The molecule has 0 saturated heterocycles. The second-order valence-corrected chi connectivity index (χ2v) is 9.00. The zero-order valence-electron chi connectivity index (χ0n) is 16.3. The van der Waals surface area contributed by atoms with Crippen LogP contribution >= 0.6 is 34.5 Å². The summed E-state index contributed by atoms with van der Waals surface area (Å²) in [5.41, 5.74) is 1.98. The lowest BCUT2D eigenvalue weighted by Crippen LogP contribution is -2.44. The number of aromatic nitrogens is 5. The molecule has 7 nitrogen and oxygen atoms in total. The van der Waals surface area contributed by atoms with Crippen molar-refractivity contribution in [3.63, 3.8) is 0 Å². The first kappa shape index (κ1) is 20.6. The highest BCUT2D eigenvalue weighted by Gasteiger charge is 2.21. The third-order valence-electron chi connectivity index (χ3n) is 4.93. The minimum Gasteiger partial charge on any atom is -0.842 e. The summed E-state index contributed by atoms with van der Waals surface area (Å²) < 4.78 is 3.38. The largest absolute Gasteiger partial charge is 0.842 e. The van der Waals surface area contributed by atoms with E-state index in [-0.39, 0.29) is 12.1 Å². The third-order valence-corrected chi connectivity index (χ3v) is 6.26. The van der Waals surface area contributed by atoms with Crippen LogP contribution in [0.2, 0.25) is 9.62 Å². The molecule has 5 rings (SSSR count). The van der Waals surface area contributed by atoms with E-state index in [1.807, 2.05) is 0 Å². The molecule has 0 amide bonds. The van der Waals surface area contributed by atoms with Gasteiger partial charge in [-0.1, -0.05) is 29.3 Å². The van der Waals surface area contributed by atoms with Crippen molar-refractivity contribution >= 4 is 40.2 Å². The topological polar surface area (TPSA) is 87.1 Å². The summed E-state index contributed by atoms with van der Waals surface area (Å²) in [6.45, 7) is 0.234. The standard InChI is InChI=1S/C22H13Cl2N5O2S/c23-17-5-4-13(10-26-17)14-7-15(9-25-8-14)19-20(30)28-6-2-1-3-18(28)29(21(19)31)12-16-11-27-22(24)32-16/h1-11H,12H2. The normalized spacial score (nSPS) is 11.2. The van der Waals surface area contributed by atoms with Gasteiger partial charge in [-0.3, -0.25) is 4.98 Å². The maximum atomic E-state index is 13.6. The van der Waals surface area contributed by atoms with Crippen molar-refractivity contribution in [2.75, 3.05) is 0 Å². The molecule has 10 heteroatoms. The van der Waals surface area contributed by atoms with Gasteiger partial charge in [0.1, 0.15) is 17.3 Å². The molecule has 0 saturated carbocycles. The van der Waals surface area contributed by atoms with E-state index < -0.39 is 11.4 Å². The van der Waals surface area contributed by atoms with Crippen molar-refractivity contribution in [1.82, 2.24) is 19.4 Å². The molecule has 0 aliphatic carbocycles. The first-order valence-corrected chi connectivity index (χ1v) is 11.0. The van der Waals surface area contributed by atoms with Crippen molar-refractivity contribution in [3.8, 4) is 28.1 Å². The molecule has 0 aromatic carbocycles. The molecule has 5 heterocycles. The van der Waals surface area contributed by atoms with E-state index in [0.717, 1.165) is 10.4 Å². The molecule has 0 fully saturated rings. The van der Waals surface area contributed by atoms with Gasteiger partial charge in [-0.25, -0.2) is 19.3 Å². The van der Waals surface area contributed by atoms with Gasteiger partial charge in [-0.2, -0.15) is 4.40 Å². The number of fused-ring (bicyclic) bond motifs is 1. The highest BCUT2D eigenvalue weighted by atomic mass is 35.5. The molecular weight excluding hydrogens is 469 g/mol. The first-order valence-electron chi connectivity index (χ1n) is 9.43. The van der Waals surface area contributed by atoms with Gasteiger partial charge in [-0.15, -0.1) is 11.3 Å². The predicted octanol–water partition coefficient (Wildman–Crippen LogP) is 3.60. The SMILES string of the molecule is O=c1c(-c2cncc(-c3ccc(Cl)nc3)c2)c([O-])[n+](Cc2cnc(Cl)s2)c2ccccn12. The lowest BCUT2D eigenvalue weighted by atomic mass is 10.0. The minimum absolute atomic E-state index is 0.0283. The molecule has 5 aromatic heterocycles. The predicted molar refractivity (Wildman–Crippen MR) is 121 cm³/mol. The molecular formula is C22H13Cl2N5O2S. The van der Waals surface area contributed by atoms with E-state index >= 15 is 0 Å². The molecule has 158 valence electrons. The van der Waals surface area contributed by atoms with Crippen LogP contribution in [0.15, 0.2) is 72.2 Å². The lowest BCUT2D eigenvalue weighted by Gasteiger charge is -2.16. The first-order chi connectivity index (χ1) is 15.5. The van der Waals surface area contributed by atoms with Gasteiger partial charge >= 0.3 is 5.56 Å². The molecule has 0 atom stereocenters. The Bertz CT molecular complexity index is 1520. The summed E-state index contributed by atoms with van der Waals surface area (Å²) in [6, 6.07) is 10.5. The van der Waals surface area contributed by atoms with Gasteiger partial charge in [0.15, 0.2) is 4.47 Å². The zero-order valence-corrected chi connectivity index (χ0v) is 18.6. The van der Waals surface area contributed by atoms with Crippen molar-refractivity contribution in [1.29, 1.82) is 0 Å². The Hall–Kier alpha value is -3.33. The Morgan fingerprint density at radius 1 is 1.00 bits per heavy atom. The molecule has 5 aromatic rings. The number of hydrogen-bond donors (Lipinski definition) is 0. The van der Waals surface area contributed by atoms with Crippen molar-refractivity contribution < 1.29 is 9.67 Å². The van der Waals surface area contributed by atoms with E-state index in [0.29, 0.717) is 26.4 Å². The highest BCUT2D eigenvalue weighted by Crippen LogP contribution is 2.27. The lowest BCUT2D eigenvalue weighted by molar-refractivity contribution is -0.707. The van der Waals surface area contributed by atoms with Crippen LogP contribution in [-0.2, 0) is 6.54 Å². The maximum absolute atomic E-state index is 13.6. The molecule has 0 unspecified atom stereocenters. The summed E-state index contributed by atoms with van der Waals surface area (Å²) in [5, 5.41) is 13.9. The van der Waals surface area contributed by atoms with E-state index in [1.165, 1.54) is 26.5 Å². The fourth-order valence-corrected chi connectivity index (χ4v) is 4.55. The fraction of sp³-hybridized carbons (Fsp3) is 0.0455. The van der Waals surface area contributed by atoms with Gasteiger partial charge < -0.3 is 5.11 Å². The van der Waals surface area contributed by atoms with Gasteiger partial charge in [0.25, 0.3) is 5.65 Å². The summed E-state index contributed by atoms with van der Waals surface area (Å²) in [6.07, 6.45) is 8.03. The number of thiazole rings is 1. The Morgan fingerprint density at radius 2 is 1.84 bits per heavy atom. The van der Waals surface area contributed by atoms with E-state index in [9.17, 15) is 9.90 Å². The Labute approximate surface area is 195 Å². The second kappa shape index (κ2) is 8.31. The number of rotatable bonds is 4. The van der Waals surface area contributed by atoms with Crippen molar-refractivity contribution in [2.45, 2.75) is 6.54 Å². The number of hydrogen-bond acceptors (Lipinski definition) is 6. The van der Waals surface area contributed by atoms with Gasteiger partial charge in [0.2, 0.25) is 0 Å². The molecule has 0 aliphatic heterocycles. The number of pyridine rings is 3. The van der Waals surface area contributed by atoms with Crippen molar-refractivity contribution in [2.24, 2.45) is 0 Å². The van der Waals surface area contributed by atoms with Crippen LogP contribution in [0.25, 0.3) is 27.9 Å². The smallest absolute Gasteiger partial charge is 0.349 e. The molecule has 0 N–H and O–H groups in total. The van der Waals surface area contributed by atoms with Crippen LogP contribution < -0.4 is 15.2 Å². The van der Waals surface area contributed by atoms with Crippen LogP contribution in [0.4, 0.5) is 0 Å². The van der Waals surface area contributed by atoms with Crippen LogP contribution in [0.5, 0.6) is 5.88 Å². The highest BCUT2D eigenvalue weighted by molar-refractivity contribution is 7.15. The van der Waals surface area contributed by atoms with E-state index in [4.69, 9.17) is 23.2 Å². The van der Waals surface area contributed by atoms with Crippen molar-refractivity contribution in [3.05, 3.63) is 92.2 Å². The van der Waals surface area contributed by atoms with Crippen LogP contribution in [0.3, 0.4) is 0 Å². The number of nitrogens with zero attached hydrogens (tertiary/aromatic N) is 5. The Kier molecular flexibility index (Phi) is 5.34. The monoisotopic (exact) mass is 481 g/mol. The summed E-state index contributed by atoms with van der Waals surface area (Å²) in [5.74, 6) is -0.418. The zero-order chi connectivity index (χ0) is 22.2. The minimum atomic E-state index is -0.419. The quantitative estimate of drug-likeness (QED) is 0.289. The summed E-state index contributed by atoms with van der Waals surface area (Å²) in [4.78, 5) is 26.5. The Morgan fingerprint density at radius 3 is 2.59 bits per heavy atom. The molecule has 32 heavy (non-hydrogen) atoms. The number of halogens is 2.